The Labute approximate surface area is 110 Å². The molecule has 3 heteroatoms. The van der Waals surface area contributed by atoms with E-state index in [1.54, 1.807) is 7.11 Å². The molecular weight excluding hydrogens is 236 g/mol. The minimum absolute atomic E-state index is 0. The largest absolute Gasteiger partial charge is 1.00 e. The Kier molecular flexibility index (Phi) is 7.64. The molecule has 0 aromatic heterocycles. The number of Topliss-reactive ketones (excluding diaryl/α,β-unsaturated/α-hetero) is 1. The van der Waals surface area contributed by atoms with Crippen LogP contribution in [0.15, 0.2) is 24.3 Å². The third-order valence-corrected chi connectivity index (χ3v) is 3.04. The first-order valence-electron chi connectivity index (χ1n) is 5.88. The molecular formula is C14H20ClO2-. The molecule has 0 radical (unpaired) electrons. The van der Waals surface area contributed by atoms with Gasteiger partial charge >= 0.3 is 0 Å². The van der Waals surface area contributed by atoms with Gasteiger partial charge in [-0.2, -0.15) is 0 Å². The fourth-order valence-corrected chi connectivity index (χ4v) is 1.73. The molecule has 0 saturated carbocycles. The summed E-state index contributed by atoms with van der Waals surface area (Å²) in [5, 5.41) is 0. The highest BCUT2D eigenvalue weighted by atomic mass is 35.5. The lowest BCUT2D eigenvalue weighted by atomic mass is 9.94. The highest BCUT2D eigenvalue weighted by molar-refractivity contribution is 5.96. The quantitative estimate of drug-likeness (QED) is 0.700. The number of benzene rings is 1. The van der Waals surface area contributed by atoms with Crippen LogP contribution in [-0.4, -0.2) is 12.9 Å². The van der Waals surface area contributed by atoms with Gasteiger partial charge in [-0.1, -0.05) is 26.7 Å². The minimum Gasteiger partial charge on any atom is -1.00 e. The van der Waals surface area contributed by atoms with Crippen molar-refractivity contribution in [3.05, 3.63) is 29.8 Å². The Morgan fingerprint density at radius 2 is 1.71 bits per heavy atom. The molecule has 1 aromatic carbocycles. The Balaban J connectivity index is 0.00000256. The van der Waals surface area contributed by atoms with E-state index in [4.69, 9.17) is 4.74 Å². The van der Waals surface area contributed by atoms with Crippen LogP contribution in [0.2, 0.25) is 0 Å². The molecule has 0 atom stereocenters. The topological polar surface area (TPSA) is 26.3 Å². The lowest BCUT2D eigenvalue weighted by Crippen LogP contribution is -3.00. The lowest BCUT2D eigenvalue weighted by molar-refractivity contribution is -0.0000120. The van der Waals surface area contributed by atoms with Crippen LogP contribution in [0.5, 0.6) is 5.75 Å². The summed E-state index contributed by atoms with van der Waals surface area (Å²) in [5.74, 6) is 1.53. The molecule has 0 saturated heterocycles. The smallest absolute Gasteiger partial charge is 0.163 e. The second-order valence-electron chi connectivity index (χ2n) is 4.04. The van der Waals surface area contributed by atoms with E-state index in [0.29, 0.717) is 12.3 Å². The minimum atomic E-state index is 0. The molecule has 1 rings (SSSR count). The molecule has 17 heavy (non-hydrogen) atoms. The summed E-state index contributed by atoms with van der Waals surface area (Å²) in [5.41, 5.74) is 0.785. The van der Waals surface area contributed by atoms with Gasteiger partial charge in [-0.3, -0.25) is 4.79 Å². The zero-order valence-electron chi connectivity index (χ0n) is 10.7. The van der Waals surface area contributed by atoms with Gasteiger partial charge in [0, 0.05) is 12.0 Å². The third kappa shape index (κ3) is 4.78. The van der Waals surface area contributed by atoms with Crippen LogP contribution in [0, 0.1) is 5.92 Å². The predicted octanol–water partition coefficient (Wildman–Crippen LogP) is 0.708. The van der Waals surface area contributed by atoms with E-state index in [1.165, 1.54) is 0 Å². The monoisotopic (exact) mass is 255 g/mol. The number of hydrogen-bond acceptors (Lipinski definition) is 2. The number of hydrogen-bond donors (Lipinski definition) is 0. The Morgan fingerprint density at radius 3 is 2.12 bits per heavy atom. The molecule has 0 amide bonds. The molecule has 0 spiro atoms. The maximum atomic E-state index is 11.9. The summed E-state index contributed by atoms with van der Waals surface area (Å²) in [6, 6.07) is 7.34. The summed E-state index contributed by atoms with van der Waals surface area (Å²) in [7, 11) is 1.63. The van der Waals surface area contributed by atoms with Crippen molar-refractivity contribution in [2.45, 2.75) is 33.1 Å². The number of ketones is 1. The van der Waals surface area contributed by atoms with Gasteiger partial charge in [-0.15, -0.1) is 0 Å². The van der Waals surface area contributed by atoms with Gasteiger partial charge < -0.3 is 17.1 Å². The first kappa shape index (κ1) is 16.0. The summed E-state index contributed by atoms with van der Waals surface area (Å²) in [6.07, 6.45) is 2.79. The standard InChI is InChI=1S/C14H20O2.ClH/c1-4-11(5-2)10-14(15)12-6-8-13(16-3)9-7-12;/h6-9,11H,4-5,10H2,1-3H3;1H/p-1. The van der Waals surface area contributed by atoms with E-state index in [1.807, 2.05) is 24.3 Å². The summed E-state index contributed by atoms with van der Waals surface area (Å²) >= 11 is 0. The zero-order chi connectivity index (χ0) is 12.0. The Hall–Kier alpha value is -1.02. The summed E-state index contributed by atoms with van der Waals surface area (Å²) in [6.45, 7) is 4.27. The SMILES string of the molecule is CCC(CC)CC(=O)c1ccc(OC)cc1.[Cl-]. The molecule has 0 heterocycles. The summed E-state index contributed by atoms with van der Waals surface area (Å²) < 4.78 is 5.06. The highest BCUT2D eigenvalue weighted by Crippen LogP contribution is 2.18. The van der Waals surface area contributed by atoms with Gasteiger partial charge in [-0.05, 0) is 30.2 Å². The molecule has 0 unspecified atom stereocenters. The van der Waals surface area contributed by atoms with Crippen LogP contribution in [-0.2, 0) is 0 Å². The van der Waals surface area contributed by atoms with Crippen molar-refractivity contribution in [3.63, 3.8) is 0 Å². The molecule has 0 bridgehead atoms. The van der Waals surface area contributed by atoms with Crippen LogP contribution >= 0.6 is 0 Å². The maximum absolute atomic E-state index is 11.9. The maximum Gasteiger partial charge on any atom is 0.163 e. The normalized spacial score (nSPS) is 9.88. The number of carbonyl (C=O) groups excluding carboxylic acids is 1. The molecule has 0 N–H and O–H groups in total. The van der Waals surface area contributed by atoms with Crippen LogP contribution in [0.4, 0.5) is 0 Å². The number of ether oxygens (including phenoxy) is 1. The second-order valence-corrected chi connectivity index (χ2v) is 4.04. The molecule has 2 nitrogen and oxygen atoms in total. The van der Waals surface area contributed by atoms with Gasteiger partial charge in [0.2, 0.25) is 0 Å². The Morgan fingerprint density at radius 1 is 1.18 bits per heavy atom. The van der Waals surface area contributed by atoms with Gasteiger partial charge in [-0.25, -0.2) is 0 Å². The van der Waals surface area contributed by atoms with Crippen molar-refractivity contribution in [3.8, 4) is 5.75 Å². The lowest BCUT2D eigenvalue weighted by Gasteiger charge is -2.11. The van der Waals surface area contributed by atoms with Gasteiger partial charge in [0.25, 0.3) is 0 Å². The number of rotatable bonds is 6. The van der Waals surface area contributed by atoms with Crippen molar-refractivity contribution in [2.24, 2.45) is 5.92 Å². The fourth-order valence-electron chi connectivity index (χ4n) is 1.73. The van der Waals surface area contributed by atoms with E-state index >= 15 is 0 Å². The zero-order valence-corrected chi connectivity index (χ0v) is 11.5. The average molecular weight is 256 g/mol. The van der Waals surface area contributed by atoms with Gasteiger partial charge in [0.15, 0.2) is 5.78 Å². The second kappa shape index (κ2) is 8.13. The summed E-state index contributed by atoms with van der Waals surface area (Å²) in [4.78, 5) is 11.9. The van der Waals surface area contributed by atoms with Gasteiger partial charge in [0.05, 0.1) is 7.11 Å². The van der Waals surface area contributed by atoms with Gasteiger partial charge in [0.1, 0.15) is 5.75 Å². The molecule has 0 fully saturated rings. The fraction of sp³-hybridized carbons (Fsp3) is 0.500. The molecule has 0 aliphatic heterocycles. The molecule has 1 aromatic rings. The van der Waals surface area contributed by atoms with Crippen molar-refractivity contribution in [1.29, 1.82) is 0 Å². The average Bonchev–Trinajstić information content (AvgIpc) is 2.35. The van der Waals surface area contributed by atoms with Crippen molar-refractivity contribution < 1.29 is 21.9 Å². The molecule has 96 valence electrons. The van der Waals surface area contributed by atoms with Crippen molar-refractivity contribution >= 4 is 5.78 Å². The van der Waals surface area contributed by atoms with E-state index in [0.717, 1.165) is 24.2 Å². The first-order chi connectivity index (χ1) is 7.71. The van der Waals surface area contributed by atoms with Crippen LogP contribution in [0.25, 0.3) is 0 Å². The van der Waals surface area contributed by atoms with E-state index in [-0.39, 0.29) is 18.2 Å². The molecule has 0 aliphatic rings. The number of carbonyl (C=O) groups is 1. The van der Waals surface area contributed by atoms with Crippen LogP contribution in [0.3, 0.4) is 0 Å². The molecule has 0 aliphatic carbocycles. The Bertz CT molecular complexity index is 329. The first-order valence-corrected chi connectivity index (χ1v) is 5.88. The van der Waals surface area contributed by atoms with E-state index < -0.39 is 0 Å². The number of methoxy groups -OCH3 is 1. The van der Waals surface area contributed by atoms with Crippen molar-refractivity contribution in [2.75, 3.05) is 7.11 Å². The van der Waals surface area contributed by atoms with Crippen molar-refractivity contribution in [1.82, 2.24) is 0 Å². The van der Waals surface area contributed by atoms with E-state index in [9.17, 15) is 4.79 Å². The van der Waals surface area contributed by atoms with E-state index in [2.05, 4.69) is 13.8 Å². The predicted molar refractivity (Wildman–Crippen MR) is 66.0 cm³/mol. The highest BCUT2D eigenvalue weighted by Gasteiger charge is 2.12. The van der Waals surface area contributed by atoms with Crippen LogP contribution < -0.4 is 17.1 Å². The van der Waals surface area contributed by atoms with Crippen LogP contribution in [0.1, 0.15) is 43.5 Å². The number of halogens is 1. The third-order valence-electron chi connectivity index (χ3n) is 3.04.